The van der Waals surface area contributed by atoms with Crippen LogP contribution in [-0.2, 0) is 16.2 Å². The average Bonchev–Trinajstić information content (AvgIpc) is 2.70. The van der Waals surface area contributed by atoms with Crippen molar-refractivity contribution in [2.45, 2.75) is 24.9 Å². The number of amides is 1. The molecule has 0 aromatic heterocycles. The van der Waals surface area contributed by atoms with Gasteiger partial charge in [0.15, 0.2) is 0 Å². The number of halogens is 4. The summed E-state index contributed by atoms with van der Waals surface area (Å²) in [6, 6.07) is 13.5. The first-order chi connectivity index (χ1) is 14.9. The van der Waals surface area contributed by atoms with Crippen molar-refractivity contribution in [2.75, 3.05) is 10.0 Å². The highest BCUT2D eigenvalue weighted by Gasteiger charge is 2.30. The summed E-state index contributed by atoms with van der Waals surface area (Å²) in [5.74, 6) is -0.774. The Labute approximate surface area is 191 Å². The van der Waals surface area contributed by atoms with Gasteiger partial charge in [0.2, 0.25) is 0 Å². The van der Waals surface area contributed by atoms with Gasteiger partial charge in [-0.25, -0.2) is 8.42 Å². The number of carbonyl (C=O) groups is 1. The largest absolute Gasteiger partial charge is 0.416 e. The van der Waals surface area contributed by atoms with Crippen molar-refractivity contribution in [3.05, 3.63) is 87.4 Å². The van der Waals surface area contributed by atoms with Crippen LogP contribution in [0.25, 0.3) is 0 Å². The molecule has 0 fully saturated rings. The Morgan fingerprint density at radius 3 is 2.38 bits per heavy atom. The van der Waals surface area contributed by atoms with Crippen molar-refractivity contribution in [3.8, 4) is 0 Å². The zero-order valence-corrected chi connectivity index (χ0v) is 19.3. The quantitative estimate of drug-likeness (QED) is 0.419. The fourth-order valence-corrected chi connectivity index (χ4v) is 4.73. The van der Waals surface area contributed by atoms with Crippen LogP contribution in [0.5, 0.6) is 0 Å². The first kappa shape index (κ1) is 23.8. The average molecular weight is 527 g/mol. The lowest BCUT2D eigenvalue weighted by molar-refractivity contribution is -0.137. The Hall–Kier alpha value is -2.85. The number of sulfonamides is 1. The normalized spacial score (nSPS) is 11.8. The second-order valence-corrected chi connectivity index (χ2v) is 9.66. The van der Waals surface area contributed by atoms with E-state index < -0.39 is 27.7 Å². The van der Waals surface area contributed by atoms with Crippen LogP contribution in [0, 0.1) is 13.8 Å². The van der Waals surface area contributed by atoms with Gasteiger partial charge < -0.3 is 5.32 Å². The molecular formula is C22H18BrF3N2O3S. The fourth-order valence-electron chi connectivity index (χ4n) is 2.96. The van der Waals surface area contributed by atoms with Gasteiger partial charge in [-0.1, -0.05) is 34.1 Å². The van der Waals surface area contributed by atoms with E-state index in [1.54, 1.807) is 32.0 Å². The molecule has 0 saturated heterocycles. The van der Waals surface area contributed by atoms with E-state index in [2.05, 4.69) is 26.0 Å². The molecule has 0 heterocycles. The van der Waals surface area contributed by atoms with Crippen LogP contribution < -0.4 is 10.0 Å². The number of benzene rings is 3. The van der Waals surface area contributed by atoms with Gasteiger partial charge >= 0.3 is 6.18 Å². The number of hydrogen-bond acceptors (Lipinski definition) is 3. The molecule has 5 nitrogen and oxygen atoms in total. The van der Waals surface area contributed by atoms with Gasteiger partial charge in [0.1, 0.15) is 0 Å². The lowest BCUT2D eigenvalue weighted by Crippen LogP contribution is -2.19. The zero-order chi connectivity index (χ0) is 23.7. The molecule has 0 radical (unpaired) electrons. The van der Waals surface area contributed by atoms with Gasteiger partial charge in [-0.2, -0.15) is 13.2 Å². The van der Waals surface area contributed by atoms with E-state index >= 15 is 0 Å². The first-order valence-electron chi connectivity index (χ1n) is 9.25. The Kier molecular flexibility index (Phi) is 6.66. The molecule has 2 N–H and O–H groups in total. The third-order valence-corrected chi connectivity index (χ3v) is 6.55. The fraction of sp³-hybridized carbons (Fsp3) is 0.136. The topological polar surface area (TPSA) is 75.3 Å². The number of nitrogens with one attached hydrogen (secondary N) is 2. The molecule has 0 atom stereocenters. The summed E-state index contributed by atoms with van der Waals surface area (Å²) >= 11 is 3.23. The molecule has 32 heavy (non-hydrogen) atoms. The maximum atomic E-state index is 13.0. The van der Waals surface area contributed by atoms with Gasteiger partial charge in [0, 0.05) is 10.2 Å². The van der Waals surface area contributed by atoms with Gasteiger partial charge in [-0.3, -0.25) is 9.52 Å². The molecule has 0 bridgehead atoms. The maximum Gasteiger partial charge on any atom is 0.416 e. The van der Waals surface area contributed by atoms with E-state index in [0.29, 0.717) is 10.0 Å². The number of carbonyl (C=O) groups excluding carboxylic acids is 1. The molecule has 0 saturated carbocycles. The highest BCUT2D eigenvalue weighted by molar-refractivity contribution is 9.10. The minimum atomic E-state index is -4.57. The van der Waals surface area contributed by atoms with Crippen molar-refractivity contribution in [2.24, 2.45) is 0 Å². The molecular weight excluding hydrogens is 509 g/mol. The molecule has 0 spiro atoms. The minimum absolute atomic E-state index is 0.0152. The van der Waals surface area contributed by atoms with Crippen LogP contribution in [0.4, 0.5) is 24.5 Å². The Morgan fingerprint density at radius 1 is 0.969 bits per heavy atom. The highest BCUT2D eigenvalue weighted by atomic mass is 79.9. The van der Waals surface area contributed by atoms with Crippen LogP contribution in [0.2, 0.25) is 0 Å². The predicted octanol–water partition coefficient (Wildman–Crippen LogP) is 6.14. The molecule has 168 valence electrons. The minimum Gasteiger partial charge on any atom is -0.322 e. The van der Waals surface area contributed by atoms with Crippen LogP contribution >= 0.6 is 15.9 Å². The van der Waals surface area contributed by atoms with Crippen LogP contribution in [0.1, 0.15) is 27.0 Å². The van der Waals surface area contributed by atoms with Crippen molar-refractivity contribution < 1.29 is 26.4 Å². The Balaban J connectivity index is 1.95. The second-order valence-electron chi connectivity index (χ2n) is 7.10. The summed E-state index contributed by atoms with van der Waals surface area (Å²) in [6.45, 7) is 3.41. The van der Waals surface area contributed by atoms with Crippen molar-refractivity contribution in [1.29, 1.82) is 0 Å². The summed E-state index contributed by atoms with van der Waals surface area (Å²) in [4.78, 5) is 12.9. The number of aryl methyl sites for hydroxylation is 2. The van der Waals surface area contributed by atoms with Gasteiger partial charge in [-0.05, 0) is 67.4 Å². The summed E-state index contributed by atoms with van der Waals surface area (Å²) in [7, 11) is -4.03. The third-order valence-electron chi connectivity index (χ3n) is 4.55. The van der Waals surface area contributed by atoms with E-state index in [0.717, 1.165) is 17.7 Å². The third kappa shape index (κ3) is 5.49. The molecule has 0 unspecified atom stereocenters. The molecule has 0 aliphatic heterocycles. The Bertz CT molecular complexity index is 1290. The number of hydrogen-bond donors (Lipinski definition) is 2. The maximum absolute atomic E-state index is 13.0. The van der Waals surface area contributed by atoms with Crippen LogP contribution in [0.15, 0.2) is 70.0 Å². The van der Waals surface area contributed by atoms with Crippen LogP contribution in [-0.4, -0.2) is 14.3 Å². The predicted molar refractivity (Wildman–Crippen MR) is 120 cm³/mol. The van der Waals surface area contributed by atoms with Gasteiger partial charge in [-0.15, -0.1) is 0 Å². The molecule has 10 heteroatoms. The summed E-state index contributed by atoms with van der Waals surface area (Å²) in [6.07, 6.45) is -4.57. The molecule has 1 amide bonds. The smallest absolute Gasteiger partial charge is 0.322 e. The van der Waals surface area contributed by atoms with E-state index in [4.69, 9.17) is 0 Å². The van der Waals surface area contributed by atoms with Crippen molar-refractivity contribution >= 4 is 43.2 Å². The zero-order valence-electron chi connectivity index (χ0n) is 16.9. The summed E-state index contributed by atoms with van der Waals surface area (Å²) in [5.41, 5.74) is 0.197. The molecule has 3 aromatic carbocycles. The van der Waals surface area contributed by atoms with E-state index in [1.807, 2.05) is 0 Å². The Morgan fingerprint density at radius 2 is 1.69 bits per heavy atom. The highest BCUT2D eigenvalue weighted by Crippen LogP contribution is 2.31. The van der Waals surface area contributed by atoms with Crippen LogP contribution in [0.3, 0.4) is 0 Å². The van der Waals surface area contributed by atoms with E-state index in [9.17, 15) is 26.4 Å². The second kappa shape index (κ2) is 8.95. The van der Waals surface area contributed by atoms with Crippen molar-refractivity contribution in [3.63, 3.8) is 0 Å². The number of rotatable bonds is 5. The molecule has 0 aliphatic carbocycles. The first-order valence-corrected chi connectivity index (χ1v) is 11.5. The SMILES string of the molecule is Cc1ccc(C)c(S(=O)(=O)Nc2ccc(Br)cc2C(=O)Nc2cccc(C(F)(F)F)c2)c1. The molecule has 3 rings (SSSR count). The summed E-state index contributed by atoms with van der Waals surface area (Å²) < 4.78 is 67.7. The standard InChI is InChI=1S/C22H18BrF3N2O3S/c1-13-6-7-14(2)20(10-13)32(30,31)28-19-9-8-16(23)12-18(19)21(29)27-17-5-3-4-15(11-17)22(24,25)26/h3-12,28H,1-2H3,(H,27,29). The number of alkyl halides is 3. The lowest BCUT2D eigenvalue weighted by atomic mass is 10.1. The van der Waals surface area contributed by atoms with Gasteiger partial charge in [0.25, 0.3) is 15.9 Å². The lowest BCUT2D eigenvalue weighted by Gasteiger charge is -2.15. The summed E-state index contributed by atoms with van der Waals surface area (Å²) in [5, 5.41) is 2.39. The van der Waals surface area contributed by atoms with E-state index in [-0.39, 0.29) is 21.8 Å². The molecule has 0 aliphatic rings. The number of anilines is 2. The van der Waals surface area contributed by atoms with E-state index in [1.165, 1.54) is 30.3 Å². The molecule has 3 aromatic rings. The van der Waals surface area contributed by atoms with Gasteiger partial charge in [0.05, 0.1) is 21.7 Å². The van der Waals surface area contributed by atoms with Crippen molar-refractivity contribution in [1.82, 2.24) is 0 Å². The monoisotopic (exact) mass is 526 g/mol.